The van der Waals surface area contributed by atoms with Gasteiger partial charge in [0, 0.05) is 25.8 Å². The Morgan fingerprint density at radius 3 is 2.83 bits per heavy atom. The fourth-order valence-electron chi connectivity index (χ4n) is 2.04. The Bertz CT molecular complexity index is 561. The van der Waals surface area contributed by atoms with Crippen LogP contribution in [0.2, 0.25) is 0 Å². The highest BCUT2D eigenvalue weighted by molar-refractivity contribution is 14.0. The van der Waals surface area contributed by atoms with Gasteiger partial charge in [-0.1, -0.05) is 12.2 Å². The minimum atomic E-state index is -0.344. The molecule has 0 bridgehead atoms. The number of hydrogen-bond donors (Lipinski definition) is 2. The molecule has 2 heterocycles. The Hall–Kier alpha value is -1.42. The zero-order valence-corrected chi connectivity index (χ0v) is 15.5. The number of anilines is 1. The van der Waals surface area contributed by atoms with Crippen molar-refractivity contribution in [2.45, 2.75) is 13.5 Å². The van der Waals surface area contributed by atoms with E-state index in [2.05, 4.69) is 21.9 Å². The van der Waals surface area contributed by atoms with Crippen LogP contribution < -0.4 is 16.0 Å². The summed E-state index contributed by atoms with van der Waals surface area (Å²) in [5.41, 5.74) is 7.35. The van der Waals surface area contributed by atoms with Crippen LogP contribution in [0.15, 0.2) is 29.4 Å². The molecule has 3 N–H and O–H groups in total. The van der Waals surface area contributed by atoms with Gasteiger partial charge in [0.1, 0.15) is 0 Å². The van der Waals surface area contributed by atoms with E-state index >= 15 is 0 Å². The van der Waals surface area contributed by atoms with E-state index in [1.165, 1.54) is 6.07 Å². The summed E-state index contributed by atoms with van der Waals surface area (Å²) in [6, 6.07) is 1.45. The highest BCUT2D eigenvalue weighted by Gasteiger charge is 2.16. The lowest BCUT2D eigenvalue weighted by atomic mass is 10.2. The van der Waals surface area contributed by atoms with E-state index in [0.717, 1.165) is 5.57 Å². The summed E-state index contributed by atoms with van der Waals surface area (Å²) in [6.45, 7) is 9.00. The van der Waals surface area contributed by atoms with Gasteiger partial charge in [-0.2, -0.15) is 0 Å². The van der Waals surface area contributed by atoms with E-state index in [-0.39, 0.29) is 36.3 Å². The molecule has 0 spiro atoms. The normalized spacial score (nSPS) is 15.0. The lowest BCUT2D eigenvalue weighted by Crippen LogP contribution is -2.37. The monoisotopic (exact) mass is 435 g/mol. The second-order valence-corrected chi connectivity index (χ2v) is 5.26. The van der Waals surface area contributed by atoms with Gasteiger partial charge in [-0.3, -0.25) is 0 Å². The van der Waals surface area contributed by atoms with Crippen molar-refractivity contribution in [1.29, 1.82) is 0 Å². The Morgan fingerprint density at radius 1 is 1.52 bits per heavy atom. The van der Waals surface area contributed by atoms with Crippen molar-refractivity contribution in [3.63, 3.8) is 0 Å². The molecule has 0 aromatic carbocycles. The number of rotatable bonds is 5. The maximum atomic E-state index is 14.2. The van der Waals surface area contributed by atoms with E-state index in [1.807, 2.05) is 11.8 Å². The number of halogens is 2. The van der Waals surface area contributed by atoms with Gasteiger partial charge >= 0.3 is 0 Å². The molecule has 6 nitrogen and oxygen atoms in total. The molecule has 1 aromatic rings. The molecule has 0 saturated carbocycles. The number of nitrogens with one attached hydrogen (secondary N) is 1. The molecule has 128 valence electrons. The summed E-state index contributed by atoms with van der Waals surface area (Å²) >= 11 is 0. The molecule has 23 heavy (non-hydrogen) atoms. The fourth-order valence-corrected chi connectivity index (χ4v) is 2.04. The van der Waals surface area contributed by atoms with Crippen LogP contribution in [-0.4, -0.2) is 43.8 Å². The predicted octanol–water partition coefficient (Wildman–Crippen LogP) is 1.66. The topological polar surface area (TPSA) is 75.8 Å². The first-order valence-corrected chi connectivity index (χ1v) is 7.21. The summed E-state index contributed by atoms with van der Waals surface area (Å²) in [6.07, 6.45) is 1.63. The first-order chi connectivity index (χ1) is 10.6. The number of guanidine groups is 1. The molecule has 1 aromatic heterocycles. The number of nitrogens with two attached hydrogens (primary N) is 1. The Kier molecular flexibility index (Phi) is 8.24. The quantitative estimate of drug-likeness (QED) is 0.319. The molecular formula is C15H23FIN5O. The Balaban J connectivity index is 0.00000264. The van der Waals surface area contributed by atoms with Gasteiger partial charge in [0.2, 0.25) is 0 Å². The van der Waals surface area contributed by atoms with Crippen molar-refractivity contribution in [2.75, 3.05) is 37.7 Å². The number of morpholine rings is 1. The average Bonchev–Trinajstić information content (AvgIpc) is 2.52. The van der Waals surface area contributed by atoms with Gasteiger partial charge in [0.15, 0.2) is 17.6 Å². The lowest BCUT2D eigenvalue weighted by Gasteiger charge is -2.28. The third-order valence-electron chi connectivity index (χ3n) is 3.19. The van der Waals surface area contributed by atoms with Crippen molar-refractivity contribution >= 4 is 35.8 Å². The molecule has 2 rings (SSSR count). The van der Waals surface area contributed by atoms with Crippen LogP contribution in [0, 0.1) is 5.82 Å². The molecule has 1 aliphatic heterocycles. The smallest absolute Gasteiger partial charge is 0.189 e. The van der Waals surface area contributed by atoms with E-state index in [0.29, 0.717) is 50.2 Å². The maximum Gasteiger partial charge on any atom is 0.189 e. The van der Waals surface area contributed by atoms with Crippen LogP contribution in [-0.2, 0) is 11.3 Å². The summed E-state index contributed by atoms with van der Waals surface area (Å²) in [4.78, 5) is 10.2. The number of pyridine rings is 1. The van der Waals surface area contributed by atoms with Gasteiger partial charge in [0.25, 0.3) is 0 Å². The molecule has 0 aliphatic carbocycles. The second kappa shape index (κ2) is 9.66. The average molecular weight is 435 g/mol. The number of aliphatic imine (C=N–C) groups is 1. The van der Waals surface area contributed by atoms with Crippen LogP contribution in [0.4, 0.5) is 10.2 Å². The predicted molar refractivity (Wildman–Crippen MR) is 101 cm³/mol. The van der Waals surface area contributed by atoms with E-state index in [1.54, 1.807) is 6.20 Å². The largest absolute Gasteiger partial charge is 0.378 e. The minimum Gasteiger partial charge on any atom is -0.378 e. The number of hydrogen-bond acceptors (Lipinski definition) is 4. The van der Waals surface area contributed by atoms with Crippen molar-refractivity contribution in [3.8, 4) is 0 Å². The number of nitrogens with zero attached hydrogens (tertiary/aromatic N) is 3. The van der Waals surface area contributed by atoms with Crippen molar-refractivity contribution in [3.05, 3.63) is 35.8 Å². The zero-order chi connectivity index (χ0) is 15.9. The molecule has 1 aliphatic rings. The van der Waals surface area contributed by atoms with E-state index in [9.17, 15) is 4.39 Å². The molecule has 0 radical (unpaired) electrons. The Morgan fingerprint density at radius 2 is 2.22 bits per heavy atom. The zero-order valence-electron chi connectivity index (χ0n) is 13.2. The van der Waals surface area contributed by atoms with E-state index < -0.39 is 0 Å². The molecule has 0 atom stereocenters. The van der Waals surface area contributed by atoms with Crippen molar-refractivity contribution in [1.82, 2.24) is 10.3 Å². The fraction of sp³-hybridized carbons (Fsp3) is 0.467. The van der Waals surface area contributed by atoms with Gasteiger partial charge in [-0.25, -0.2) is 14.4 Å². The molecule has 0 unspecified atom stereocenters. The third-order valence-corrected chi connectivity index (χ3v) is 3.19. The summed E-state index contributed by atoms with van der Waals surface area (Å²) in [5, 5.41) is 2.92. The minimum absolute atomic E-state index is 0. The first kappa shape index (κ1) is 19.6. The van der Waals surface area contributed by atoms with Gasteiger partial charge in [0.05, 0.1) is 19.8 Å². The van der Waals surface area contributed by atoms with Gasteiger partial charge < -0.3 is 20.7 Å². The van der Waals surface area contributed by atoms with Crippen LogP contribution >= 0.6 is 24.0 Å². The summed E-state index contributed by atoms with van der Waals surface area (Å²) in [5.74, 6) is 0.327. The van der Waals surface area contributed by atoms with Crippen LogP contribution in [0.25, 0.3) is 0 Å². The van der Waals surface area contributed by atoms with Crippen LogP contribution in [0.5, 0.6) is 0 Å². The lowest BCUT2D eigenvalue weighted by molar-refractivity contribution is 0.122. The standard InChI is InChI=1S/C15H22FN5O.HI/c1-11(2)8-19-15(17)20-10-12-7-13(16)14(18-9-12)21-3-5-22-6-4-21;/h7,9H,1,3-6,8,10H2,2H3,(H3,17,19,20);1H. The Labute approximate surface area is 153 Å². The van der Waals surface area contributed by atoms with E-state index in [4.69, 9.17) is 10.5 Å². The molecule has 0 amide bonds. The SMILES string of the molecule is C=C(C)CNC(N)=NCc1cnc(N2CCOCC2)c(F)c1.I. The van der Waals surface area contributed by atoms with Gasteiger partial charge in [-0.15, -0.1) is 24.0 Å². The molecule has 8 heteroatoms. The first-order valence-electron chi connectivity index (χ1n) is 7.21. The second-order valence-electron chi connectivity index (χ2n) is 5.26. The third kappa shape index (κ3) is 6.30. The highest BCUT2D eigenvalue weighted by atomic mass is 127. The summed E-state index contributed by atoms with van der Waals surface area (Å²) in [7, 11) is 0. The number of ether oxygens (including phenoxy) is 1. The molecular weight excluding hydrogens is 412 g/mol. The maximum absolute atomic E-state index is 14.2. The van der Waals surface area contributed by atoms with Crippen LogP contribution in [0.1, 0.15) is 12.5 Å². The number of aromatic nitrogens is 1. The van der Waals surface area contributed by atoms with Crippen LogP contribution in [0.3, 0.4) is 0 Å². The molecule has 1 fully saturated rings. The highest BCUT2D eigenvalue weighted by Crippen LogP contribution is 2.18. The van der Waals surface area contributed by atoms with Gasteiger partial charge in [-0.05, 0) is 18.6 Å². The van der Waals surface area contributed by atoms with Crippen molar-refractivity contribution < 1.29 is 9.13 Å². The summed E-state index contributed by atoms with van der Waals surface area (Å²) < 4.78 is 19.4. The van der Waals surface area contributed by atoms with Crippen molar-refractivity contribution in [2.24, 2.45) is 10.7 Å². The molecule has 1 saturated heterocycles.